The summed E-state index contributed by atoms with van der Waals surface area (Å²) in [4.78, 5) is 11.8. The van der Waals surface area contributed by atoms with Crippen LogP contribution in [0.25, 0.3) is 0 Å². The highest BCUT2D eigenvalue weighted by Gasteiger charge is 2.36. The van der Waals surface area contributed by atoms with Gasteiger partial charge in [-0.15, -0.1) is 0 Å². The summed E-state index contributed by atoms with van der Waals surface area (Å²) in [6, 6.07) is 1.18. The van der Waals surface area contributed by atoms with E-state index in [9.17, 15) is 13.2 Å². The van der Waals surface area contributed by atoms with Crippen molar-refractivity contribution >= 4 is 16.1 Å². The van der Waals surface area contributed by atoms with Crippen LogP contribution in [0.15, 0.2) is 0 Å². The number of nitrogens with one attached hydrogen (secondary N) is 1. The van der Waals surface area contributed by atoms with E-state index in [1.807, 2.05) is 6.07 Å². The highest BCUT2D eigenvalue weighted by atomic mass is 32.2. The largest absolute Gasteiger partial charge is 0.383 e. The Balaban J connectivity index is 2.96. The zero-order chi connectivity index (χ0) is 15.9. The summed E-state index contributed by atoms with van der Waals surface area (Å²) in [6.45, 7) is 2.79. The monoisotopic (exact) mass is 318 g/mol. The molecule has 0 aromatic heterocycles. The van der Waals surface area contributed by atoms with Gasteiger partial charge in [0.15, 0.2) is 0 Å². The molecule has 0 bridgehead atoms. The molecule has 1 saturated heterocycles. The van der Waals surface area contributed by atoms with Crippen molar-refractivity contribution in [3.05, 3.63) is 0 Å². The number of nitrogens with zero attached hydrogens (tertiary/aromatic N) is 3. The minimum absolute atomic E-state index is 0.0903. The second-order valence-corrected chi connectivity index (χ2v) is 6.62. The van der Waals surface area contributed by atoms with Crippen LogP contribution in [0.1, 0.15) is 19.8 Å². The second kappa shape index (κ2) is 8.29. The third kappa shape index (κ3) is 4.64. The van der Waals surface area contributed by atoms with Crippen molar-refractivity contribution in [1.29, 1.82) is 5.26 Å². The number of ether oxygens (including phenoxy) is 1. The fraction of sp³-hybridized carbons (Fsp3) is 0.833. The standard InChI is InChI=1S/C12H22N4O4S/c1-11-12(17)14-6-4-8-16(11)21(18,19)15(7-3-5-13)9-10-20-2/h11H,3-4,6-10H2,1-2H3,(H,14,17). The van der Waals surface area contributed by atoms with Crippen LogP contribution in [0.4, 0.5) is 0 Å². The lowest BCUT2D eigenvalue weighted by Gasteiger charge is -2.31. The molecule has 1 aliphatic rings. The van der Waals surface area contributed by atoms with E-state index in [1.54, 1.807) is 6.92 Å². The SMILES string of the molecule is COCCN(CCC#N)S(=O)(=O)N1CCCNC(=O)C1C. The molecule has 0 aliphatic carbocycles. The molecule has 8 nitrogen and oxygen atoms in total. The number of hydrogen-bond acceptors (Lipinski definition) is 5. The van der Waals surface area contributed by atoms with Gasteiger partial charge in [-0.2, -0.15) is 22.3 Å². The van der Waals surface area contributed by atoms with Crippen molar-refractivity contribution in [3.63, 3.8) is 0 Å². The fourth-order valence-electron chi connectivity index (χ4n) is 2.09. The van der Waals surface area contributed by atoms with Crippen LogP contribution in [0.3, 0.4) is 0 Å². The molecule has 1 N–H and O–H groups in total. The lowest BCUT2D eigenvalue weighted by Crippen LogP contribution is -2.52. The number of nitriles is 1. The summed E-state index contributed by atoms with van der Waals surface area (Å²) in [5.41, 5.74) is 0. The van der Waals surface area contributed by atoms with E-state index in [4.69, 9.17) is 10.00 Å². The summed E-state index contributed by atoms with van der Waals surface area (Å²) in [5, 5.41) is 11.4. The molecule has 1 amide bonds. The summed E-state index contributed by atoms with van der Waals surface area (Å²) in [6.07, 6.45) is 0.656. The van der Waals surface area contributed by atoms with Gasteiger partial charge in [-0.05, 0) is 13.3 Å². The molecule has 1 heterocycles. The molecule has 0 spiro atoms. The lowest BCUT2D eigenvalue weighted by atomic mass is 10.3. The predicted molar refractivity (Wildman–Crippen MR) is 76.4 cm³/mol. The Bertz CT molecular complexity index is 488. The van der Waals surface area contributed by atoms with E-state index in [-0.39, 0.29) is 38.6 Å². The molecule has 120 valence electrons. The van der Waals surface area contributed by atoms with Crippen LogP contribution in [-0.2, 0) is 19.7 Å². The van der Waals surface area contributed by atoms with Gasteiger partial charge in [0.2, 0.25) is 5.91 Å². The van der Waals surface area contributed by atoms with Crippen molar-refractivity contribution in [2.24, 2.45) is 0 Å². The molecule has 0 radical (unpaired) electrons. The van der Waals surface area contributed by atoms with Crippen LogP contribution < -0.4 is 5.32 Å². The quantitative estimate of drug-likeness (QED) is 0.669. The van der Waals surface area contributed by atoms with E-state index >= 15 is 0 Å². The predicted octanol–water partition coefficient (Wildman–Crippen LogP) is -0.696. The first kappa shape index (κ1) is 17.8. The van der Waals surface area contributed by atoms with Crippen molar-refractivity contribution < 1.29 is 17.9 Å². The molecule has 1 atom stereocenters. The van der Waals surface area contributed by atoms with Crippen LogP contribution in [0.2, 0.25) is 0 Å². The number of carbonyl (C=O) groups excluding carboxylic acids is 1. The average molecular weight is 318 g/mol. The summed E-state index contributed by atoms with van der Waals surface area (Å²) >= 11 is 0. The van der Waals surface area contributed by atoms with Gasteiger partial charge >= 0.3 is 0 Å². The molecule has 1 rings (SSSR count). The maximum absolute atomic E-state index is 12.7. The number of hydrogen-bond donors (Lipinski definition) is 1. The molecule has 1 unspecified atom stereocenters. The van der Waals surface area contributed by atoms with Crippen LogP contribution in [0.5, 0.6) is 0 Å². The Hall–Kier alpha value is -1.21. The average Bonchev–Trinajstić information content (AvgIpc) is 2.61. The molecule has 0 aromatic rings. The van der Waals surface area contributed by atoms with Crippen molar-refractivity contribution in [3.8, 4) is 6.07 Å². The van der Waals surface area contributed by atoms with E-state index < -0.39 is 16.3 Å². The Morgan fingerprint density at radius 1 is 1.52 bits per heavy atom. The Kier molecular flexibility index (Phi) is 7.04. The molecule has 0 aromatic carbocycles. The van der Waals surface area contributed by atoms with E-state index in [1.165, 1.54) is 15.7 Å². The minimum Gasteiger partial charge on any atom is -0.383 e. The maximum atomic E-state index is 12.7. The minimum atomic E-state index is -3.80. The number of amides is 1. The lowest BCUT2D eigenvalue weighted by molar-refractivity contribution is -0.123. The second-order valence-electron chi connectivity index (χ2n) is 4.74. The molecule has 21 heavy (non-hydrogen) atoms. The first-order chi connectivity index (χ1) is 9.95. The van der Waals surface area contributed by atoms with Gasteiger partial charge in [0.25, 0.3) is 10.2 Å². The summed E-state index contributed by atoms with van der Waals surface area (Å²) in [7, 11) is -2.32. The Labute approximate surface area is 125 Å². The zero-order valence-electron chi connectivity index (χ0n) is 12.4. The third-order valence-electron chi connectivity index (χ3n) is 3.31. The molecule has 1 aliphatic heterocycles. The summed E-state index contributed by atoms with van der Waals surface area (Å²) in [5.74, 6) is -0.303. The van der Waals surface area contributed by atoms with Gasteiger partial charge in [-0.25, -0.2) is 0 Å². The fourth-order valence-corrected chi connectivity index (χ4v) is 3.87. The van der Waals surface area contributed by atoms with Gasteiger partial charge in [0, 0.05) is 39.7 Å². The van der Waals surface area contributed by atoms with Crippen molar-refractivity contribution in [2.45, 2.75) is 25.8 Å². The maximum Gasteiger partial charge on any atom is 0.282 e. The van der Waals surface area contributed by atoms with Crippen molar-refractivity contribution in [2.75, 3.05) is 39.9 Å². The van der Waals surface area contributed by atoms with Gasteiger partial charge in [-0.3, -0.25) is 4.79 Å². The van der Waals surface area contributed by atoms with E-state index in [2.05, 4.69) is 5.32 Å². The van der Waals surface area contributed by atoms with Gasteiger partial charge < -0.3 is 10.1 Å². The number of carbonyl (C=O) groups is 1. The van der Waals surface area contributed by atoms with Crippen molar-refractivity contribution in [1.82, 2.24) is 13.9 Å². The first-order valence-electron chi connectivity index (χ1n) is 6.85. The van der Waals surface area contributed by atoms with Crippen LogP contribution in [0, 0.1) is 11.3 Å². The Morgan fingerprint density at radius 3 is 2.86 bits per heavy atom. The molecule has 9 heteroatoms. The van der Waals surface area contributed by atoms with Crippen LogP contribution >= 0.6 is 0 Å². The number of methoxy groups -OCH3 is 1. The molecular weight excluding hydrogens is 296 g/mol. The van der Waals surface area contributed by atoms with Crippen LogP contribution in [-0.4, -0.2) is 68.9 Å². The van der Waals surface area contributed by atoms with Gasteiger partial charge in [0.1, 0.15) is 6.04 Å². The highest BCUT2D eigenvalue weighted by molar-refractivity contribution is 7.86. The number of rotatable bonds is 7. The summed E-state index contributed by atoms with van der Waals surface area (Å²) < 4.78 is 32.7. The topological polar surface area (TPSA) is 103 Å². The molecule has 0 saturated carbocycles. The normalized spacial score (nSPS) is 20.9. The third-order valence-corrected chi connectivity index (χ3v) is 5.42. The van der Waals surface area contributed by atoms with E-state index in [0.717, 1.165) is 0 Å². The molecular formula is C12H22N4O4S. The zero-order valence-corrected chi connectivity index (χ0v) is 13.2. The highest BCUT2D eigenvalue weighted by Crippen LogP contribution is 2.16. The van der Waals surface area contributed by atoms with Gasteiger partial charge in [0.05, 0.1) is 12.7 Å². The van der Waals surface area contributed by atoms with E-state index in [0.29, 0.717) is 13.0 Å². The van der Waals surface area contributed by atoms with Gasteiger partial charge in [-0.1, -0.05) is 0 Å². The first-order valence-corrected chi connectivity index (χ1v) is 8.25. The Morgan fingerprint density at radius 2 is 2.24 bits per heavy atom. The smallest absolute Gasteiger partial charge is 0.282 e. The molecule has 1 fully saturated rings.